The van der Waals surface area contributed by atoms with Crippen LogP contribution in [0.25, 0.3) is 11.0 Å². The number of ether oxygens (including phenoxy) is 1. The molecule has 0 spiro atoms. The molecule has 2 aromatic carbocycles. The highest BCUT2D eigenvalue weighted by atomic mass is 32.2. The molecular formula is C19H17F2N4O4S-. The van der Waals surface area contributed by atoms with E-state index in [0.717, 1.165) is 6.07 Å². The third kappa shape index (κ3) is 4.75. The number of anilines is 2. The Morgan fingerprint density at radius 3 is 2.77 bits per heavy atom. The summed E-state index contributed by atoms with van der Waals surface area (Å²) in [5.74, 6) is -1.48. The van der Waals surface area contributed by atoms with Gasteiger partial charge in [-0.3, -0.25) is 9.00 Å². The smallest absolute Gasteiger partial charge is 0.232 e. The Morgan fingerprint density at radius 2 is 2.07 bits per heavy atom. The van der Waals surface area contributed by atoms with Crippen LogP contribution < -0.4 is 14.8 Å². The monoisotopic (exact) mass is 435 g/mol. The number of rotatable bonds is 9. The lowest BCUT2D eigenvalue weighted by Gasteiger charge is -2.14. The summed E-state index contributed by atoms with van der Waals surface area (Å²) in [7, 11) is 1.40. The number of fused-ring (bicyclic) bond motifs is 1. The summed E-state index contributed by atoms with van der Waals surface area (Å²) in [4.78, 5) is 20.0. The first-order valence-corrected chi connectivity index (χ1v) is 9.87. The molecule has 1 atom stereocenters. The summed E-state index contributed by atoms with van der Waals surface area (Å²) >= 11 is -2.40. The average molecular weight is 435 g/mol. The second-order valence-corrected chi connectivity index (χ2v) is 6.94. The van der Waals surface area contributed by atoms with Crippen LogP contribution in [0.5, 0.6) is 5.88 Å². The van der Waals surface area contributed by atoms with Crippen LogP contribution in [0.3, 0.4) is 0 Å². The SMILES string of the molecule is COc1cnc2ccc(Nc3c(F)ccc(CCCNS(=O)[O-])c3F)c(C=O)c2n1. The minimum atomic E-state index is -2.40. The van der Waals surface area contributed by atoms with Crippen molar-refractivity contribution in [3.8, 4) is 5.88 Å². The maximum absolute atomic E-state index is 14.9. The molecule has 158 valence electrons. The van der Waals surface area contributed by atoms with E-state index in [4.69, 9.17) is 4.74 Å². The highest BCUT2D eigenvalue weighted by Crippen LogP contribution is 2.30. The zero-order valence-electron chi connectivity index (χ0n) is 15.8. The van der Waals surface area contributed by atoms with Crippen molar-refractivity contribution in [3.05, 3.63) is 53.2 Å². The number of aryl methyl sites for hydroxylation is 1. The molecule has 1 unspecified atom stereocenters. The Morgan fingerprint density at radius 1 is 1.27 bits per heavy atom. The summed E-state index contributed by atoms with van der Waals surface area (Å²) < 4.78 is 57.4. The van der Waals surface area contributed by atoms with Crippen LogP contribution in [0.15, 0.2) is 30.5 Å². The van der Waals surface area contributed by atoms with Crippen molar-refractivity contribution >= 4 is 40.0 Å². The van der Waals surface area contributed by atoms with Gasteiger partial charge in [-0.15, -0.1) is 0 Å². The lowest BCUT2D eigenvalue weighted by atomic mass is 10.1. The van der Waals surface area contributed by atoms with Crippen LogP contribution in [0.4, 0.5) is 20.2 Å². The quantitative estimate of drug-likeness (QED) is 0.302. The van der Waals surface area contributed by atoms with Gasteiger partial charge in [0.05, 0.1) is 30.1 Å². The number of nitrogens with one attached hydrogen (secondary N) is 2. The lowest BCUT2D eigenvalue weighted by molar-refractivity contribution is 0.112. The van der Waals surface area contributed by atoms with E-state index in [0.29, 0.717) is 18.2 Å². The van der Waals surface area contributed by atoms with E-state index < -0.39 is 28.6 Å². The number of hydrogen-bond acceptors (Lipinski definition) is 7. The van der Waals surface area contributed by atoms with Gasteiger partial charge in [-0.2, -0.15) is 0 Å². The number of aldehydes is 1. The maximum atomic E-state index is 14.9. The summed E-state index contributed by atoms with van der Waals surface area (Å²) in [5.41, 5.74) is 0.645. The maximum Gasteiger partial charge on any atom is 0.232 e. The number of carbonyl (C=O) groups excluding carboxylic acids is 1. The van der Waals surface area contributed by atoms with Gasteiger partial charge in [-0.25, -0.2) is 23.5 Å². The van der Waals surface area contributed by atoms with E-state index >= 15 is 0 Å². The van der Waals surface area contributed by atoms with E-state index in [2.05, 4.69) is 20.0 Å². The van der Waals surface area contributed by atoms with Crippen molar-refractivity contribution in [2.75, 3.05) is 19.0 Å². The predicted octanol–water partition coefficient (Wildman–Crippen LogP) is 2.79. The molecule has 0 fully saturated rings. The molecule has 0 aliphatic rings. The van der Waals surface area contributed by atoms with E-state index in [1.165, 1.54) is 25.4 Å². The van der Waals surface area contributed by atoms with Crippen molar-refractivity contribution < 1.29 is 27.1 Å². The number of carbonyl (C=O) groups is 1. The molecule has 30 heavy (non-hydrogen) atoms. The second-order valence-electron chi connectivity index (χ2n) is 6.18. The van der Waals surface area contributed by atoms with Crippen molar-refractivity contribution in [2.24, 2.45) is 0 Å². The van der Waals surface area contributed by atoms with Gasteiger partial charge in [-0.1, -0.05) is 6.07 Å². The Hall–Kier alpha value is -3.02. The zero-order chi connectivity index (χ0) is 21.7. The van der Waals surface area contributed by atoms with E-state index in [1.807, 2.05) is 0 Å². The summed E-state index contributed by atoms with van der Waals surface area (Å²) in [6.45, 7) is 0.121. The normalized spacial score (nSPS) is 12.0. The summed E-state index contributed by atoms with van der Waals surface area (Å²) in [6.07, 6.45) is 2.42. The molecule has 1 heterocycles. The van der Waals surface area contributed by atoms with Crippen LogP contribution in [0, 0.1) is 11.6 Å². The highest BCUT2D eigenvalue weighted by Gasteiger charge is 2.17. The molecule has 0 bridgehead atoms. The van der Waals surface area contributed by atoms with Crippen molar-refractivity contribution in [1.82, 2.24) is 14.7 Å². The molecule has 11 heteroatoms. The van der Waals surface area contributed by atoms with Gasteiger partial charge in [0.2, 0.25) is 5.88 Å². The van der Waals surface area contributed by atoms with Crippen LogP contribution in [-0.2, 0) is 17.7 Å². The van der Waals surface area contributed by atoms with Crippen LogP contribution in [-0.4, -0.2) is 38.7 Å². The molecule has 0 radical (unpaired) electrons. The molecule has 3 aromatic rings. The van der Waals surface area contributed by atoms with Gasteiger partial charge in [0.15, 0.2) is 12.1 Å². The summed E-state index contributed by atoms with van der Waals surface area (Å²) in [5, 5.41) is 2.63. The van der Waals surface area contributed by atoms with Crippen molar-refractivity contribution in [2.45, 2.75) is 12.8 Å². The summed E-state index contributed by atoms with van der Waals surface area (Å²) in [6, 6.07) is 5.43. The molecule has 2 N–H and O–H groups in total. The number of hydrogen-bond donors (Lipinski definition) is 2. The van der Waals surface area contributed by atoms with Gasteiger partial charge < -0.3 is 14.6 Å². The van der Waals surface area contributed by atoms with E-state index in [-0.39, 0.29) is 41.2 Å². The first-order valence-electron chi connectivity index (χ1n) is 8.80. The number of nitrogens with zero attached hydrogens (tertiary/aromatic N) is 2. The second kappa shape index (κ2) is 9.65. The van der Waals surface area contributed by atoms with E-state index in [9.17, 15) is 22.3 Å². The topological polar surface area (TPSA) is 116 Å². The van der Waals surface area contributed by atoms with Gasteiger partial charge in [-0.05, 0) is 36.6 Å². The molecular weight excluding hydrogens is 418 g/mol. The van der Waals surface area contributed by atoms with Crippen LogP contribution in [0.2, 0.25) is 0 Å². The standard InChI is InChI=1S/C19H18F2N4O4S/c1-29-16-9-22-15-7-6-14(12(10-26)18(15)25-16)24-19-13(20)5-4-11(17(19)21)3-2-8-23-30(27)28/h4-7,9-10,23-24H,2-3,8H2,1H3,(H,27,28)/p-1. The third-order valence-electron chi connectivity index (χ3n) is 4.33. The highest BCUT2D eigenvalue weighted by molar-refractivity contribution is 7.77. The first kappa shape index (κ1) is 21.7. The largest absolute Gasteiger partial charge is 0.760 e. The number of halogens is 2. The Labute approximate surface area is 173 Å². The molecule has 0 aliphatic heterocycles. The first-order chi connectivity index (χ1) is 14.4. The Bertz CT molecular complexity index is 1110. The van der Waals surface area contributed by atoms with Gasteiger partial charge in [0, 0.05) is 17.8 Å². The fraction of sp³-hybridized carbons (Fsp3) is 0.211. The molecule has 8 nitrogen and oxygen atoms in total. The minimum Gasteiger partial charge on any atom is -0.760 e. The van der Waals surface area contributed by atoms with Gasteiger partial charge in [0.25, 0.3) is 0 Å². The van der Waals surface area contributed by atoms with Crippen LogP contribution in [0.1, 0.15) is 22.3 Å². The van der Waals surface area contributed by atoms with Crippen molar-refractivity contribution in [1.29, 1.82) is 0 Å². The Balaban J connectivity index is 1.93. The predicted molar refractivity (Wildman–Crippen MR) is 106 cm³/mol. The molecule has 3 rings (SSSR count). The fourth-order valence-electron chi connectivity index (χ4n) is 2.88. The number of methoxy groups -OCH3 is 1. The fourth-order valence-corrected chi connectivity index (χ4v) is 3.19. The third-order valence-corrected chi connectivity index (χ3v) is 4.77. The van der Waals surface area contributed by atoms with Crippen molar-refractivity contribution in [3.63, 3.8) is 0 Å². The van der Waals surface area contributed by atoms with Crippen LogP contribution >= 0.6 is 0 Å². The van der Waals surface area contributed by atoms with Gasteiger partial charge >= 0.3 is 0 Å². The molecule has 0 saturated carbocycles. The number of benzene rings is 2. The van der Waals surface area contributed by atoms with Gasteiger partial charge in [0.1, 0.15) is 17.0 Å². The Kier molecular flexibility index (Phi) is 6.98. The lowest BCUT2D eigenvalue weighted by Crippen LogP contribution is -2.18. The molecule has 0 aliphatic carbocycles. The molecule has 0 amide bonds. The average Bonchev–Trinajstić information content (AvgIpc) is 2.74. The minimum absolute atomic E-state index is 0.0743. The zero-order valence-corrected chi connectivity index (χ0v) is 16.6. The molecule has 0 saturated heterocycles. The molecule has 1 aromatic heterocycles. The van der Waals surface area contributed by atoms with E-state index in [1.54, 1.807) is 6.07 Å². The number of aromatic nitrogens is 2.